The van der Waals surface area contributed by atoms with Crippen LogP contribution < -0.4 is 10.0 Å². The Bertz CT molecular complexity index is 534. The minimum absolute atomic E-state index is 0.00614. The van der Waals surface area contributed by atoms with Gasteiger partial charge in [-0.15, -0.1) is 11.3 Å². The third-order valence-electron chi connectivity index (χ3n) is 3.34. The molecule has 5 nitrogen and oxygen atoms in total. The van der Waals surface area contributed by atoms with Gasteiger partial charge in [0, 0.05) is 30.7 Å². The van der Waals surface area contributed by atoms with Crippen LogP contribution >= 0.6 is 11.3 Å². The van der Waals surface area contributed by atoms with E-state index in [1.807, 2.05) is 13.8 Å². The van der Waals surface area contributed by atoms with Crippen molar-refractivity contribution in [3.8, 4) is 0 Å². The van der Waals surface area contributed by atoms with E-state index in [-0.39, 0.29) is 6.04 Å². The monoisotopic (exact) mass is 318 g/mol. The van der Waals surface area contributed by atoms with Crippen LogP contribution in [-0.2, 0) is 21.3 Å². The second-order valence-electron chi connectivity index (χ2n) is 4.96. The van der Waals surface area contributed by atoms with Gasteiger partial charge in [-0.2, -0.15) is 0 Å². The largest absolute Gasteiger partial charge is 0.381 e. The Hall–Kier alpha value is -0.470. The van der Waals surface area contributed by atoms with Gasteiger partial charge >= 0.3 is 0 Å². The Kier molecular flexibility index (Phi) is 5.57. The molecule has 7 heteroatoms. The fourth-order valence-electron chi connectivity index (χ4n) is 2.13. The molecule has 2 rings (SSSR count). The maximum atomic E-state index is 12.4. The summed E-state index contributed by atoms with van der Waals surface area (Å²) in [6.45, 7) is 6.84. The highest BCUT2D eigenvalue weighted by Crippen LogP contribution is 2.26. The number of hydrogen-bond acceptors (Lipinski definition) is 5. The summed E-state index contributed by atoms with van der Waals surface area (Å²) >= 11 is 1.35. The number of ether oxygens (including phenoxy) is 1. The Balaban J connectivity index is 2.08. The lowest BCUT2D eigenvalue weighted by Crippen LogP contribution is -2.38. The van der Waals surface area contributed by atoms with Gasteiger partial charge in [-0.25, -0.2) is 13.1 Å². The highest BCUT2D eigenvalue weighted by atomic mass is 32.2. The summed E-state index contributed by atoms with van der Waals surface area (Å²) in [7, 11) is -3.40. The van der Waals surface area contributed by atoms with Crippen molar-refractivity contribution >= 4 is 21.4 Å². The number of sulfonamides is 1. The van der Waals surface area contributed by atoms with Gasteiger partial charge in [0.1, 0.15) is 4.21 Å². The SMILES string of the molecule is CCNCc1sc(S(=O)(=O)NC2CCOCC2)cc1C. The van der Waals surface area contributed by atoms with Crippen LogP contribution in [0.15, 0.2) is 10.3 Å². The van der Waals surface area contributed by atoms with Crippen LogP contribution in [0.5, 0.6) is 0 Å². The lowest BCUT2D eigenvalue weighted by Gasteiger charge is -2.22. The Labute approximate surface area is 124 Å². The Morgan fingerprint density at radius 2 is 2.10 bits per heavy atom. The highest BCUT2D eigenvalue weighted by molar-refractivity contribution is 7.91. The van der Waals surface area contributed by atoms with Gasteiger partial charge in [0.05, 0.1) is 0 Å². The van der Waals surface area contributed by atoms with E-state index in [2.05, 4.69) is 10.0 Å². The fourth-order valence-corrected chi connectivity index (χ4v) is 5.01. The summed E-state index contributed by atoms with van der Waals surface area (Å²) in [5.41, 5.74) is 1.03. The van der Waals surface area contributed by atoms with E-state index in [4.69, 9.17) is 4.74 Å². The lowest BCUT2D eigenvalue weighted by molar-refractivity contribution is 0.0832. The van der Waals surface area contributed by atoms with E-state index in [9.17, 15) is 8.42 Å². The smallest absolute Gasteiger partial charge is 0.250 e. The molecule has 0 atom stereocenters. The number of thiophene rings is 1. The molecule has 1 aliphatic heterocycles. The predicted molar refractivity (Wildman–Crippen MR) is 80.6 cm³/mol. The first kappa shape index (κ1) is 15.9. The standard InChI is InChI=1S/C13H22N2O3S2/c1-3-14-9-12-10(2)8-13(19-12)20(16,17)15-11-4-6-18-7-5-11/h8,11,14-15H,3-7,9H2,1-2H3. The van der Waals surface area contributed by atoms with Crippen molar-refractivity contribution in [2.24, 2.45) is 0 Å². The molecule has 20 heavy (non-hydrogen) atoms. The van der Waals surface area contributed by atoms with Crippen molar-refractivity contribution < 1.29 is 13.2 Å². The van der Waals surface area contributed by atoms with Crippen LogP contribution in [0.4, 0.5) is 0 Å². The molecule has 0 bridgehead atoms. The zero-order valence-corrected chi connectivity index (χ0v) is 13.6. The Morgan fingerprint density at radius 1 is 1.40 bits per heavy atom. The fraction of sp³-hybridized carbons (Fsp3) is 0.692. The van der Waals surface area contributed by atoms with Crippen molar-refractivity contribution in [3.05, 3.63) is 16.5 Å². The molecule has 1 saturated heterocycles. The maximum absolute atomic E-state index is 12.4. The molecule has 1 fully saturated rings. The summed E-state index contributed by atoms with van der Waals surface area (Å²) in [5, 5.41) is 3.23. The highest BCUT2D eigenvalue weighted by Gasteiger charge is 2.24. The lowest BCUT2D eigenvalue weighted by atomic mass is 10.1. The number of aryl methyl sites for hydroxylation is 1. The summed E-state index contributed by atoms with van der Waals surface area (Å²) in [6.07, 6.45) is 1.49. The molecular weight excluding hydrogens is 296 g/mol. The molecule has 0 radical (unpaired) electrons. The molecule has 1 aliphatic rings. The van der Waals surface area contributed by atoms with Crippen LogP contribution in [0.3, 0.4) is 0 Å². The van der Waals surface area contributed by atoms with Crippen LogP contribution in [-0.4, -0.2) is 34.2 Å². The van der Waals surface area contributed by atoms with Crippen molar-refractivity contribution in [3.63, 3.8) is 0 Å². The molecule has 0 saturated carbocycles. The average molecular weight is 318 g/mol. The molecule has 0 aliphatic carbocycles. The topological polar surface area (TPSA) is 67.4 Å². The summed E-state index contributed by atoms with van der Waals surface area (Å²) in [4.78, 5) is 1.08. The molecule has 2 N–H and O–H groups in total. The molecule has 0 amide bonds. The molecule has 0 unspecified atom stereocenters. The van der Waals surface area contributed by atoms with Gasteiger partial charge in [0.15, 0.2) is 0 Å². The minimum Gasteiger partial charge on any atom is -0.381 e. The van der Waals surface area contributed by atoms with Gasteiger partial charge in [-0.3, -0.25) is 0 Å². The molecule has 0 aromatic carbocycles. The molecule has 2 heterocycles. The molecular formula is C13H22N2O3S2. The first-order valence-corrected chi connectivity index (χ1v) is 9.23. The van der Waals surface area contributed by atoms with E-state index in [0.29, 0.717) is 17.4 Å². The number of hydrogen-bond donors (Lipinski definition) is 2. The molecule has 1 aromatic heterocycles. The summed E-state index contributed by atoms with van der Waals surface area (Å²) in [6, 6.07) is 1.76. The normalized spacial score (nSPS) is 17.5. The van der Waals surface area contributed by atoms with Crippen molar-refractivity contribution in [2.75, 3.05) is 19.8 Å². The zero-order valence-electron chi connectivity index (χ0n) is 11.9. The molecule has 114 valence electrons. The summed E-state index contributed by atoms with van der Waals surface area (Å²) < 4.78 is 33.2. The van der Waals surface area contributed by atoms with Gasteiger partial charge in [-0.05, 0) is 37.9 Å². The molecule has 1 aromatic rings. The van der Waals surface area contributed by atoms with Crippen molar-refractivity contribution in [1.82, 2.24) is 10.0 Å². The van der Waals surface area contributed by atoms with E-state index in [1.54, 1.807) is 6.07 Å². The van der Waals surface area contributed by atoms with Crippen LogP contribution in [0.1, 0.15) is 30.2 Å². The van der Waals surface area contributed by atoms with Crippen LogP contribution in [0.2, 0.25) is 0 Å². The zero-order chi connectivity index (χ0) is 14.6. The third kappa shape index (κ3) is 4.02. The Morgan fingerprint density at radius 3 is 2.75 bits per heavy atom. The maximum Gasteiger partial charge on any atom is 0.250 e. The van der Waals surface area contributed by atoms with Crippen molar-refractivity contribution in [1.29, 1.82) is 0 Å². The molecule has 0 spiro atoms. The summed E-state index contributed by atoms with van der Waals surface area (Å²) in [5.74, 6) is 0. The van der Waals surface area contributed by atoms with Crippen LogP contribution in [0.25, 0.3) is 0 Å². The third-order valence-corrected chi connectivity index (χ3v) is 6.57. The van der Waals surface area contributed by atoms with Gasteiger partial charge in [0.25, 0.3) is 0 Å². The predicted octanol–water partition coefficient (Wildman–Crippen LogP) is 1.62. The van der Waals surface area contributed by atoms with Gasteiger partial charge in [0.2, 0.25) is 10.0 Å². The van der Waals surface area contributed by atoms with Crippen LogP contribution in [0, 0.1) is 6.92 Å². The average Bonchev–Trinajstić information content (AvgIpc) is 2.79. The van der Waals surface area contributed by atoms with Gasteiger partial charge in [-0.1, -0.05) is 6.92 Å². The quantitative estimate of drug-likeness (QED) is 0.836. The first-order valence-electron chi connectivity index (χ1n) is 6.93. The van der Waals surface area contributed by atoms with E-state index in [0.717, 1.165) is 36.4 Å². The number of nitrogens with one attached hydrogen (secondary N) is 2. The van der Waals surface area contributed by atoms with E-state index < -0.39 is 10.0 Å². The van der Waals surface area contributed by atoms with E-state index >= 15 is 0 Å². The first-order chi connectivity index (χ1) is 9.53. The van der Waals surface area contributed by atoms with Gasteiger partial charge < -0.3 is 10.1 Å². The van der Waals surface area contributed by atoms with E-state index in [1.165, 1.54) is 11.3 Å². The minimum atomic E-state index is -3.40. The van der Waals surface area contributed by atoms with Crippen molar-refractivity contribution in [2.45, 2.75) is 43.5 Å². The number of rotatable bonds is 6. The second-order valence-corrected chi connectivity index (χ2v) is 8.04. The second kappa shape index (κ2) is 7.00.